The van der Waals surface area contributed by atoms with Gasteiger partial charge in [0.05, 0.1) is 9.79 Å². The van der Waals surface area contributed by atoms with E-state index in [0.717, 1.165) is 16.7 Å². The number of rotatable bonds is 4. The van der Waals surface area contributed by atoms with E-state index in [1.807, 2.05) is 0 Å². The lowest BCUT2D eigenvalue weighted by Gasteiger charge is -2.13. The Kier molecular flexibility index (Phi) is 4.70. The topological polar surface area (TPSA) is 60.2 Å². The van der Waals surface area contributed by atoms with Crippen LogP contribution in [-0.2, 0) is 9.84 Å². The van der Waals surface area contributed by atoms with Gasteiger partial charge < -0.3 is 5.73 Å². The highest BCUT2D eigenvalue weighted by Crippen LogP contribution is 2.35. The zero-order valence-electron chi connectivity index (χ0n) is 11.7. The summed E-state index contributed by atoms with van der Waals surface area (Å²) in [6.45, 7) is 1.80. The molecule has 0 aliphatic carbocycles. The Hall–Kier alpha value is -1.37. The van der Waals surface area contributed by atoms with Crippen molar-refractivity contribution in [2.24, 2.45) is 5.73 Å². The second kappa shape index (κ2) is 6.17. The molecule has 3 nitrogen and oxygen atoms in total. The summed E-state index contributed by atoms with van der Waals surface area (Å²) in [5.74, 6) is -0.331. The van der Waals surface area contributed by atoms with Crippen LogP contribution in [0, 0.1) is 5.82 Å². The summed E-state index contributed by atoms with van der Waals surface area (Å²) < 4.78 is 36.8. The third-order valence-corrected chi connectivity index (χ3v) is 5.23. The molecule has 1 unspecified atom stereocenters. The van der Waals surface area contributed by atoms with Crippen LogP contribution in [0.25, 0.3) is 0 Å². The molecule has 21 heavy (non-hydrogen) atoms. The molecule has 112 valence electrons. The molecule has 0 saturated heterocycles. The molecular weight excluding hydrogens is 309 g/mol. The van der Waals surface area contributed by atoms with E-state index in [-0.39, 0.29) is 16.8 Å². The molecule has 0 bridgehead atoms. The largest absolute Gasteiger partial charge is 0.324 e. The minimum absolute atomic E-state index is 0.243. The van der Waals surface area contributed by atoms with Gasteiger partial charge in [-0.05, 0) is 42.8 Å². The zero-order chi connectivity index (χ0) is 15.6. The van der Waals surface area contributed by atoms with Crippen LogP contribution in [0.2, 0.25) is 0 Å². The molecule has 0 radical (unpaired) electrons. The molecule has 6 heteroatoms. The molecule has 0 saturated carbocycles. The maximum Gasteiger partial charge on any atom is 0.175 e. The zero-order valence-corrected chi connectivity index (χ0v) is 13.3. The highest BCUT2D eigenvalue weighted by Gasteiger charge is 2.13. The van der Waals surface area contributed by atoms with E-state index in [1.165, 1.54) is 30.0 Å². The molecule has 0 heterocycles. The van der Waals surface area contributed by atoms with Crippen LogP contribution < -0.4 is 5.73 Å². The summed E-state index contributed by atoms with van der Waals surface area (Å²) >= 11 is 1.24. The van der Waals surface area contributed by atoms with Gasteiger partial charge in [0.15, 0.2) is 9.84 Å². The van der Waals surface area contributed by atoms with Crippen molar-refractivity contribution < 1.29 is 12.8 Å². The first-order chi connectivity index (χ1) is 9.79. The van der Waals surface area contributed by atoms with Crippen LogP contribution in [0.5, 0.6) is 0 Å². The van der Waals surface area contributed by atoms with Crippen LogP contribution in [-0.4, -0.2) is 14.7 Å². The Labute approximate surface area is 128 Å². The fourth-order valence-corrected chi connectivity index (χ4v) is 3.54. The average Bonchev–Trinajstić information content (AvgIpc) is 2.40. The maximum absolute atomic E-state index is 14.0. The molecule has 2 N–H and O–H groups in total. The van der Waals surface area contributed by atoms with Gasteiger partial charge in [-0.3, -0.25) is 0 Å². The van der Waals surface area contributed by atoms with Crippen molar-refractivity contribution in [3.63, 3.8) is 0 Å². The Morgan fingerprint density at radius 3 is 2.29 bits per heavy atom. The Balaban J connectivity index is 2.35. The van der Waals surface area contributed by atoms with Gasteiger partial charge in [-0.1, -0.05) is 23.9 Å². The summed E-state index contributed by atoms with van der Waals surface area (Å²) in [7, 11) is -3.23. The summed E-state index contributed by atoms with van der Waals surface area (Å²) in [5, 5.41) is 0. The smallest absolute Gasteiger partial charge is 0.175 e. The molecule has 0 spiro atoms. The molecule has 0 fully saturated rings. The molecule has 2 aromatic rings. The Bertz CT molecular complexity index is 741. The van der Waals surface area contributed by atoms with Crippen molar-refractivity contribution in [2.45, 2.75) is 27.7 Å². The van der Waals surface area contributed by atoms with Gasteiger partial charge >= 0.3 is 0 Å². The second-order valence-corrected chi connectivity index (χ2v) is 7.89. The molecule has 0 aliphatic heterocycles. The third kappa shape index (κ3) is 3.84. The Morgan fingerprint density at radius 1 is 1.14 bits per heavy atom. The second-order valence-electron chi connectivity index (χ2n) is 4.79. The van der Waals surface area contributed by atoms with E-state index < -0.39 is 9.84 Å². The monoisotopic (exact) mass is 325 g/mol. The van der Waals surface area contributed by atoms with Crippen LogP contribution in [0.15, 0.2) is 57.2 Å². The lowest BCUT2D eigenvalue weighted by molar-refractivity contribution is 0.591. The first kappa shape index (κ1) is 16.0. The molecule has 2 rings (SSSR count). The SMILES string of the molecule is CC(N)c1cccc(F)c1Sc1ccc(S(C)(=O)=O)cc1. The van der Waals surface area contributed by atoms with Gasteiger partial charge in [-0.25, -0.2) is 12.8 Å². The highest BCUT2D eigenvalue weighted by atomic mass is 32.2. The van der Waals surface area contributed by atoms with E-state index >= 15 is 0 Å². The predicted molar refractivity (Wildman–Crippen MR) is 82.7 cm³/mol. The van der Waals surface area contributed by atoms with Gasteiger partial charge in [0, 0.05) is 17.2 Å². The average molecular weight is 325 g/mol. The van der Waals surface area contributed by atoms with Crippen LogP contribution in [0.1, 0.15) is 18.5 Å². The number of sulfone groups is 1. The fourth-order valence-electron chi connectivity index (χ4n) is 1.86. The number of hydrogen-bond donors (Lipinski definition) is 1. The normalized spacial score (nSPS) is 13.1. The number of nitrogens with two attached hydrogens (primary N) is 1. The van der Waals surface area contributed by atoms with E-state index in [0.29, 0.717) is 4.90 Å². The summed E-state index contributed by atoms with van der Waals surface area (Å²) in [4.78, 5) is 1.47. The van der Waals surface area contributed by atoms with Gasteiger partial charge in [-0.2, -0.15) is 0 Å². The molecule has 0 aliphatic rings. The fraction of sp³-hybridized carbons (Fsp3) is 0.200. The van der Waals surface area contributed by atoms with Gasteiger partial charge in [0.1, 0.15) is 5.82 Å². The minimum Gasteiger partial charge on any atom is -0.324 e. The summed E-state index contributed by atoms with van der Waals surface area (Å²) in [6, 6.07) is 10.9. The maximum atomic E-state index is 14.0. The lowest BCUT2D eigenvalue weighted by atomic mass is 10.1. The molecule has 0 aromatic heterocycles. The molecule has 2 aromatic carbocycles. The van der Waals surface area contributed by atoms with Crippen molar-refractivity contribution in [3.05, 3.63) is 53.8 Å². The van der Waals surface area contributed by atoms with Crippen LogP contribution >= 0.6 is 11.8 Å². The number of hydrogen-bond acceptors (Lipinski definition) is 4. The Morgan fingerprint density at radius 2 is 1.76 bits per heavy atom. The molecular formula is C15H16FNO2S2. The molecule has 1 atom stereocenters. The van der Waals surface area contributed by atoms with E-state index in [2.05, 4.69) is 0 Å². The predicted octanol–water partition coefficient (Wildman–Crippen LogP) is 3.40. The lowest BCUT2D eigenvalue weighted by Crippen LogP contribution is -2.07. The van der Waals surface area contributed by atoms with Gasteiger partial charge in [0.2, 0.25) is 0 Å². The quantitative estimate of drug-likeness (QED) is 0.936. The summed E-state index contributed by atoms with van der Waals surface area (Å²) in [5.41, 5.74) is 6.59. The van der Waals surface area contributed by atoms with Crippen molar-refractivity contribution >= 4 is 21.6 Å². The van der Waals surface area contributed by atoms with Crippen molar-refractivity contribution in [2.75, 3.05) is 6.26 Å². The van der Waals surface area contributed by atoms with Gasteiger partial charge in [-0.15, -0.1) is 0 Å². The summed E-state index contributed by atoms with van der Waals surface area (Å²) in [6.07, 6.45) is 1.15. The molecule has 0 amide bonds. The highest BCUT2D eigenvalue weighted by molar-refractivity contribution is 7.99. The van der Waals surface area contributed by atoms with E-state index in [9.17, 15) is 12.8 Å². The van der Waals surface area contributed by atoms with Crippen molar-refractivity contribution in [3.8, 4) is 0 Å². The van der Waals surface area contributed by atoms with Crippen LogP contribution in [0.4, 0.5) is 4.39 Å². The van der Waals surface area contributed by atoms with Crippen molar-refractivity contribution in [1.29, 1.82) is 0 Å². The van der Waals surface area contributed by atoms with Crippen molar-refractivity contribution in [1.82, 2.24) is 0 Å². The first-order valence-electron chi connectivity index (χ1n) is 6.31. The minimum atomic E-state index is -3.23. The number of halogens is 1. The van der Waals surface area contributed by atoms with Crippen LogP contribution in [0.3, 0.4) is 0 Å². The van der Waals surface area contributed by atoms with Gasteiger partial charge in [0.25, 0.3) is 0 Å². The number of benzene rings is 2. The standard InChI is InChI=1S/C15H16FNO2S2/c1-10(17)13-4-3-5-14(16)15(13)20-11-6-8-12(9-7-11)21(2,18)19/h3-10H,17H2,1-2H3. The first-order valence-corrected chi connectivity index (χ1v) is 9.02. The van der Waals surface area contributed by atoms with E-state index in [1.54, 1.807) is 31.2 Å². The third-order valence-electron chi connectivity index (χ3n) is 2.96. The van der Waals surface area contributed by atoms with E-state index in [4.69, 9.17) is 5.73 Å².